The third-order valence-corrected chi connectivity index (χ3v) is 7.95. The molecular weight excluding hydrogens is 584 g/mol. The van der Waals surface area contributed by atoms with Crippen molar-refractivity contribution in [2.24, 2.45) is 5.10 Å². The highest BCUT2D eigenvalue weighted by Gasteiger charge is 2.35. The summed E-state index contributed by atoms with van der Waals surface area (Å²) in [6.07, 6.45) is -0.174. The number of rotatable bonds is 9. The molecule has 41 heavy (non-hydrogen) atoms. The largest absolute Gasteiger partial charge is 0.481 e. The third-order valence-electron chi connectivity index (χ3n) is 7.45. The van der Waals surface area contributed by atoms with E-state index in [9.17, 15) is 19.5 Å². The zero-order valence-electron chi connectivity index (χ0n) is 22.9. The van der Waals surface area contributed by atoms with Crippen molar-refractivity contribution in [2.75, 3.05) is 18.0 Å². The monoisotopic (exact) mass is 614 g/mol. The Hall–Kier alpha value is -4.24. The molecule has 0 bridgehead atoms. The van der Waals surface area contributed by atoms with Crippen LogP contribution in [-0.2, 0) is 9.59 Å². The van der Waals surface area contributed by atoms with Crippen LogP contribution in [0.3, 0.4) is 0 Å². The number of halogens is 1. The van der Waals surface area contributed by atoms with Gasteiger partial charge in [-0.05, 0) is 55.3 Å². The van der Waals surface area contributed by atoms with Crippen molar-refractivity contribution in [3.63, 3.8) is 0 Å². The molecule has 3 aromatic carbocycles. The van der Waals surface area contributed by atoms with Gasteiger partial charge in [-0.1, -0.05) is 58.4 Å². The van der Waals surface area contributed by atoms with Gasteiger partial charge in [-0.3, -0.25) is 14.4 Å². The SMILES string of the molecule is CCN(CC)c1ccc([C@H]2CC(c3c(-c4ccccc4)c4cc(Br)ccc4[nH]c3=O)=NN2C(=O)CCC(=O)O)cc1. The number of fused-ring (bicyclic) bond motifs is 1. The van der Waals surface area contributed by atoms with E-state index in [0.29, 0.717) is 23.2 Å². The minimum atomic E-state index is -1.05. The number of hydrogen-bond acceptors (Lipinski definition) is 5. The fourth-order valence-corrected chi connectivity index (χ4v) is 5.78. The molecule has 8 nitrogen and oxygen atoms in total. The molecule has 1 aromatic heterocycles. The van der Waals surface area contributed by atoms with Crippen LogP contribution in [0.15, 0.2) is 87.2 Å². The molecule has 2 N–H and O–H groups in total. The summed E-state index contributed by atoms with van der Waals surface area (Å²) in [5, 5.41) is 16.1. The fraction of sp³-hybridized carbons (Fsp3) is 0.250. The van der Waals surface area contributed by atoms with Crippen LogP contribution in [0.4, 0.5) is 5.69 Å². The molecule has 0 spiro atoms. The van der Waals surface area contributed by atoms with Crippen molar-refractivity contribution < 1.29 is 14.7 Å². The van der Waals surface area contributed by atoms with Crippen LogP contribution in [0.1, 0.15) is 50.3 Å². The van der Waals surface area contributed by atoms with E-state index in [-0.39, 0.29) is 18.4 Å². The number of aromatic amines is 1. The van der Waals surface area contributed by atoms with Gasteiger partial charge in [0.25, 0.3) is 5.56 Å². The van der Waals surface area contributed by atoms with Gasteiger partial charge in [0.2, 0.25) is 5.91 Å². The first kappa shape index (κ1) is 28.3. The van der Waals surface area contributed by atoms with E-state index < -0.39 is 17.9 Å². The number of hydrazone groups is 1. The highest BCUT2D eigenvalue weighted by Crippen LogP contribution is 2.38. The first-order valence-corrected chi connectivity index (χ1v) is 14.5. The molecule has 0 unspecified atom stereocenters. The number of benzene rings is 3. The van der Waals surface area contributed by atoms with Gasteiger partial charge >= 0.3 is 5.97 Å². The number of H-pyrrole nitrogens is 1. The standard InChI is InChI=1S/C32H31BrN4O4/c1-3-36(4-2)23-13-10-20(11-14-23)27-19-26(35-37(27)28(38)16-17-29(39)40)31-30(21-8-6-5-7-9-21)24-18-22(33)12-15-25(24)34-32(31)41/h5-15,18,27H,3-4,16-17,19H2,1-2H3,(H,34,41)(H,39,40)/t27-/m1/s1. The van der Waals surface area contributed by atoms with Crippen LogP contribution in [-0.4, -0.2) is 45.8 Å². The molecule has 1 atom stereocenters. The molecular formula is C32H31BrN4O4. The van der Waals surface area contributed by atoms with Gasteiger partial charge in [0.15, 0.2) is 0 Å². The molecule has 1 amide bonds. The smallest absolute Gasteiger partial charge is 0.303 e. The Kier molecular flexibility index (Phi) is 8.35. The summed E-state index contributed by atoms with van der Waals surface area (Å²) < 4.78 is 0.866. The average molecular weight is 616 g/mol. The quantitative estimate of drug-likeness (QED) is 0.229. The highest BCUT2D eigenvalue weighted by atomic mass is 79.9. The molecule has 2 heterocycles. The lowest BCUT2D eigenvalue weighted by atomic mass is 9.91. The van der Waals surface area contributed by atoms with Crippen molar-refractivity contribution in [2.45, 2.75) is 39.2 Å². The van der Waals surface area contributed by atoms with E-state index >= 15 is 0 Å². The minimum Gasteiger partial charge on any atom is -0.481 e. The van der Waals surface area contributed by atoms with Gasteiger partial charge in [-0.25, -0.2) is 5.01 Å². The zero-order valence-corrected chi connectivity index (χ0v) is 24.5. The number of nitrogens with zero attached hydrogens (tertiary/aromatic N) is 3. The molecule has 1 aliphatic heterocycles. The maximum Gasteiger partial charge on any atom is 0.303 e. The Morgan fingerprint density at radius 3 is 2.37 bits per heavy atom. The summed E-state index contributed by atoms with van der Waals surface area (Å²) >= 11 is 3.56. The van der Waals surface area contributed by atoms with Crippen molar-refractivity contribution >= 4 is 50.1 Å². The number of carbonyl (C=O) groups is 2. The Morgan fingerprint density at radius 2 is 1.71 bits per heavy atom. The Morgan fingerprint density at radius 1 is 1.00 bits per heavy atom. The number of hydrogen-bond donors (Lipinski definition) is 2. The van der Waals surface area contributed by atoms with Crippen LogP contribution in [0, 0.1) is 0 Å². The summed E-state index contributed by atoms with van der Waals surface area (Å²) in [6, 6.07) is 22.9. The molecule has 5 rings (SSSR count). The Bertz CT molecular complexity index is 1680. The number of aromatic nitrogens is 1. The van der Waals surface area contributed by atoms with Gasteiger partial charge in [0.1, 0.15) is 0 Å². The van der Waals surface area contributed by atoms with Crippen LogP contribution in [0.2, 0.25) is 0 Å². The van der Waals surface area contributed by atoms with E-state index in [1.807, 2.05) is 72.8 Å². The molecule has 1 aliphatic rings. The second-order valence-corrected chi connectivity index (χ2v) is 10.8. The number of carbonyl (C=O) groups excluding carboxylic acids is 1. The third kappa shape index (κ3) is 5.81. The predicted octanol–water partition coefficient (Wildman–Crippen LogP) is 6.35. The van der Waals surface area contributed by atoms with E-state index in [1.165, 1.54) is 5.01 Å². The van der Waals surface area contributed by atoms with Crippen LogP contribution >= 0.6 is 15.9 Å². The molecule has 0 saturated carbocycles. The van der Waals surface area contributed by atoms with Gasteiger partial charge < -0.3 is 15.0 Å². The second kappa shape index (κ2) is 12.1. The van der Waals surface area contributed by atoms with Gasteiger partial charge in [0, 0.05) is 52.6 Å². The molecule has 0 aliphatic carbocycles. The van der Waals surface area contributed by atoms with E-state index in [1.54, 1.807) is 0 Å². The highest BCUT2D eigenvalue weighted by molar-refractivity contribution is 9.10. The zero-order chi connectivity index (χ0) is 29.1. The number of aliphatic carboxylic acids is 1. The van der Waals surface area contributed by atoms with E-state index in [4.69, 9.17) is 5.10 Å². The second-order valence-electron chi connectivity index (χ2n) is 9.92. The number of pyridine rings is 1. The summed E-state index contributed by atoms with van der Waals surface area (Å²) in [5.41, 5.74) is 4.81. The van der Waals surface area contributed by atoms with Gasteiger partial charge in [0.05, 0.1) is 23.7 Å². The molecule has 9 heteroatoms. The lowest BCUT2D eigenvalue weighted by Crippen LogP contribution is -2.27. The van der Waals surface area contributed by atoms with E-state index in [0.717, 1.165) is 45.3 Å². The van der Waals surface area contributed by atoms with Crippen molar-refractivity contribution in [1.82, 2.24) is 9.99 Å². The molecule has 4 aromatic rings. The number of nitrogens with one attached hydrogen (secondary N) is 1. The van der Waals surface area contributed by atoms with Gasteiger partial charge in [-0.2, -0.15) is 5.10 Å². The summed E-state index contributed by atoms with van der Waals surface area (Å²) in [4.78, 5) is 43.5. The molecule has 210 valence electrons. The normalized spacial score (nSPS) is 14.8. The van der Waals surface area contributed by atoms with E-state index in [2.05, 4.69) is 39.7 Å². The first-order chi connectivity index (χ1) is 19.8. The maximum absolute atomic E-state index is 13.7. The maximum atomic E-state index is 13.7. The lowest BCUT2D eigenvalue weighted by Gasteiger charge is -2.24. The Balaban J connectivity index is 1.64. The average Bonchev–Trinajstić information content (AvgIpc) is 3.42. The van der Waals surface area contributed by atoms with Crippen LogP contribution in [0.25, 0.3) is 22.0 Å². The summed E-state index contributed by atoms with van der Waals surface area (Å²) in [7, 11) is 0. The van der Waals surface area contributed by atoms with Gasteiger partial charge in [-0.15, -0.1) is 0 Å². The molecule has 0 fully saturated rings. The van der Waals surface area contributed by atoms with Crippen molar-refractivity contribution in [1.29, 1.82) is 0 Å². The predicted molar refractivity (Wildman–Crippen MR) is 165 cm³/mol. The topological polar surface area (TPSA) is 106 Å². The molecule has 0 radical (unpaired) electrons. The van der Waals surface area contributed by atoms with Crippen molar-refractivity contribution in [3.05, 3.63) is 98.7 Å². The van der Waals surface area contributed by atoms with Crippen LogP contribution in [0.5, 0.6) is 0 Å². The number of carboxylic acid groups (broad SMARTS) is 1. The first-order valence-electron chi connectivity index (χ1n) is 13.7. The fourth-order valence-electron chi connectivity index (χ4n) is 5.42. The number of anilines is 1. The number of amides is 1. The number of carboxylic acids is 1. The minimum absolute atomic E-state index is 0.188. The Labute approximate surface area is 246 Å². The summed E-state index contributed by atoms with van der Waals surface area (Å²) in [5.74, 6) is -1.45. The lowest BCUT2D eigenvalue weighted by molar-refractivity contribution is -0.141. The summed E-state index contributed by atoms with van der Waals surface area (Å²) in [6.45, 7) is 5.94. The van der Waals surface area contributed by atoms with Crippen LogP contribution < -0.4 is 10.5 Å². The van der Waals surface area contributed by atoms with Crippen molar-refractivity contribution in [3.8, 4) is 11.1 Å². The molecule has 0 saturated heterocycles.